The van der Waals surface area contributed by atoms with Gasteiger partial charge in [0.2, 0.25) is 5.91 Å². The number of hydrogen-bond acceptors (Lipinski definition) is 3. The van der Waals surface area contributed by atoms with Gasteiger partial charge in [-0.1, -0.05) is 12.1 Å². The number of rotatable bonds is 5. The number of benzene rings is 1. The lowest BCUT2D eigenvalue weighted by molar-refractivity contribution is -0.121. The SMILES string of the molecule is O=C(Cc1ccc(F)cc1)NCC1(CO)CCOCC1. The Morgan fingerprint density at radius 2 is 1.95 bits per heavy atom. The summed E-state index contributed by atoms with van der Waals surface area (Å²) in [4.78, 5) is 11.9. The summed E-state index contributed by atoms with van der Waals surface area (Å²) < 4.78 is 18.1. The quantitative estimate of drug-likeness (QED) is 0.854. The Kier molecular flexibility index (Phi) is 5.09. The summed E-state index contributed by atoms with van der Waals surface area (Å²) in [6, 6.07) is 5.89. The van der Waals surface area contributed by atoms with Crippen molar-refractivity contribution in [2.75, 3.05) is 26.4 Å². The summed E-state index contributed by atoms with van der Waals surface area (Å²) in [6.07, 6.45) is 1.72. The molecule has 5 heteroatoms. The van der Waals surface area contributed by atoms with Crippen LogP contribution in [0.25, 0.3) is 0 Å². The normalized spacial score (nSPS) is 17.7. The Hall–Kier alpha value is -1.46. The molecule has 1 aromatic carbocycles. The van der Waals surface area contributed by atoms with Crippen molar-refractivity contribution in [3.8, 4) is 0 Å². The fraction of sp³-hybridized carbons (Fsp3) is 0.533. The third-order valence-electron chi connectivity index (χ3n) is 3.83. The maximum atomic E-state index is 12.8. The Bertz CT molecular complexity index is 441. The first-order valence-corrected chi connectivity index (χ1v) is 6.83. The van der Waals surface area contributed by atoms with Gasteiger partial charge in [0.05, 0.1) is 13.0 Å². The standard InChI is InChI=1S/C15H20FNO3/c16-13-3-1-12(2-4-13)9-14(19)17-10-15(11-18)5-7-20-8-6-15/h1-4,18H,5-11H2,(H,17,19). The molecule has 0 aromatic heterocycles. The summed E-state index contributed by atoms with van der Waals surface area (Å²) in [5.41, 5.74) is 0.505. The van der Waals surface area contributed by atoms with Crippen molar-refractivity contribution in [3.05, 3.63) is 35.6 Å². The van der Waals surface area contributed by atoms with E-state index in [4.69, 9.17) is 4.74 Å². The minimum Gasteiger partial charge on any atom is -0.396 e. The number of ether oxygens (including phenoxy) is 1. The van der Waals surface area contributed by atoms with Crippen molar-refractivity contribution in [1.29, 1.82) is 0 Å². The zero-order valence-corrected chi connectivity index (χ0v) is 11.4. The van der Waals surface area contributed by atoms with E-state index in [1.807, 2.05) is 0 Å². The molecule has 20 heavy (non-hydrogen) atoms. The molecule has 0 unspecified atom stereocenters. The molecule has 1 aliphatic heterocycles. The van der Waals surface area contributed by atoms with Crippen molar-refractivity contribution < 1.29 is 19.0 Å². The smallest absolute Gasteiger partial charge is 0.224 e. The average molecular weight is 281 g/mol. The molecule has 0 saturated carbocycles. The molecule has 0 radical (unpaired) electrons. The maximum Gasteiger partial charge on any atom is 0.224 e. The van der Waals surface area contributed by atoms with Gasteiger partial charge in [-0.15, -0.1) is 0 Å². The van der Waals surface area contributed by atoms with Crippen LogP contribution in [0.15, 0.2) is 24.3 Å². The molecule has 1 saturated heterocycles. The second kappa shape index (κ2) is 6.81. The first kappa shape index (κ1) is 14.9. The molecule has 2 N–H and O–H groups in total. The fourth-order valence-electron chi connectivity index (χ4n) is 2.33. The van der Waals surface area contributed by atoms with Gasteiger partial charge in [-0.2, -0.15) is 0 Å². The topological polar surface area (TPSA) is 58.6 Å². The van der Waals surface area contributed by atoms with Crippen LogP contribution in [0.1, 0.15) is 18.4 Å². The van der Waals surface area contributed by atoms with Gasteiger partial charge >= 0.3 is 0 Å². The predicted molar refractivity (Wildman–Crippen MR) is 72.7 cm³/mol. The van der Waals surface area contributed by atoms with Crippen LogP contribution < -0.4 is 5.32 Å². The monoisotopic (exact) mass is 281 g/mol. The molecule has 0 aliphatic carbocycles. The Morgan fingerprint density at radius 3 is 2.55 bits per heavy atom. The van der Waals surface area contributed by atoms with Gasteiger partial charge in [-0.25, -0.2) is 4.39 Å². The maximum absolute atomic E-state index is 12.8. The lowest BCUT2D eigenvalue weighted by Gasteiger charge is -2.35. The summed E-state index contributed by atoms with van der Waals surface area (Å²) in [7, 11) is 0. The molecular weight excluding hydrogens is 261 g/mol. The van der Waals surface area contributed by atoms with Crippen LogP contribution in [0.4, 0.5) is 4.39 Å². The predicted octanol–water partition coefficient (Wildman–Crippen LogP) is 1.27. The van der Waals surface area contributed by atoms with Crippen LogP contribution in [0, 0.1) is 11.2 Å². The summed E-state index contributed by atoms with van der Waals surface area (Å²) in [5.74, 6) is -0.425. The third-order valence-corrected chi connectivity index (χ3v) is 3.83. The highest BCUT2D eigenvalue weighted by Crippen LogP contribution is 2.28. The molecule has 4 nitrogen and oxygen atoms in total. The van der Waals surface area contributed by atoms with E-state index < -0.39 is 0 Å². The second-order valence-corrected chi connectivity index (χ2v) is 5.35. The zero-order valence-electron chi connectivity index (χ0n) is 11.4. The third kappa shape index (κ3) is 4.02. The lowest BCUT2D eigenvalue weighted by atomic mass is 9.81. The van der Waals surface area contributed by atoms with E-state index in [0.29, 0.717) is 19.8 Å². The van der Waals surface area contributed by atoms with E-state index in [0.717, 1.165) is 18.4 Å². The Balaban J connectivity index is 1.83. The Morgan fingerprint density at radius 1 is 1.30 bits per heavy atom. The molecule has 1 heterocycles. The lowest BCUT2D eigenvalue weighted by Crippen LogP contribution is -2.44. The van der Waals surface area contributed by atoms with Gasteiger partial charge in [-0.3, -0.25) is 4.79 Å². The highest BCUT2D eigenvalue weighted by atomic mass is 19.1. The van der Waals surface area contributed by atoms with Crippen molar-refractivity contribution in [1.82, 2.24) is 5.32 Å². The van der Waals surface area contributed by atoms with Gasteiger partial charge in [0, 0.05) is 25.2 Å². The number of aliphatic hydroxyl groups is 1. The van der Waals surface area contributed by atoms with E-state index in [1.165, 1.54) is 12.1 Å². The van der Waals surface area contributed by atoms with Crippen LogP contribution in [0.5, 0.6) is 0 Å². The molecular formula is C15H20FNO3. The van der Waals surface area contributed by atoms with Crippen LogP contribution in [0.3, 0.4) is 0 Å². The number of hydrogen-bond donors (Lipinski definition) is 2. The largest absolute Gasteiger partial charge is 0.396 e. The van der Waals surface area contributed by atoms with Gasteiger partial charge in [0.25, 0.3) is 0 Å². The minimum absolute atomic E-state index is 0.0488. The van der Waals surface area contributed by atoms with Crippen LogP contribution in [-0.2, 0) is 16.0 Å². The van der Waals surface area contributed by atoms with Crippen molar-refractivity contribution >= 4 is 5.91 Å². The first-order valence-electron chi connectivity index (χ1n) is 6.83. The molecule has 110 valence electrons. The van der Waals surface area contributed by atoms with Crippen molar-refractivity contribution in [2.24, 2.45) is 5.41 Å². The molecule has 1 fully saturated rings. The van der Waals surface area contributed by atoms with E-state index in [1.54, 1.807) is 12.1 Å². The van der Waals surface area contributed by atoms with Gasteiger partial charge in [-0.05, 0) is 30.5 Å². The molecule has 1 aliphatic rings. The van der Waals surface area contributed by atoms with E-state index in [-0.39, 0.29) is 30.2 Å². The van der Waals surface area contributed by atoms with E-state index in [9.17, 15) is 14.3 Å². The van der Waals surface area contributed by atoms with Crippen molar-refractivity contribution in [2.45, 2.75) is 19.3 Å². The molecule has 1 aromatic rings. The van der Waals surface area contributed by atoms with Gasteiger partial charge < -0.3 is 15.2 Å². The fourth-order valence-corrected chi connectivity index (χ4v) is 2.33. The number of amides is 1. The summed E-state index contributed by atoms with van der Waals surface area (Å²) in [6.45, 7) is 1.74. The van der Waals surface area contributed by atoms with Crippen molar-refractivity contribution in [3.63, 3.8) is 0 Å². The minimum atomic E-state index is -0.310. The number of aliphatic hydroxyl groups excluding tert-OH is 1. The molecule has 1 amide bonds. The zero-order chi connectivity index (χ0) is 14.4. The van der Waals surface area contributed by atoms with E-state index in [2.05, 4.69) is 5.32 Å². The molecule has 0 spiro atoms. The Labute approximate surface area is 117 Å². The molecule has 2 rings (SSSR count). The summed E-state index contributed by atoms with van der Waals surface area (Å²) >= 11 is 0. The van der Waals surface area contributed by atoms with Crippen LogP contribution in [0.2, 0.25) is 0 Å². The van der Waals surface area contributed by atoms with Crippen LogP contribution >= 0.6 is 0 Å². The molecule has 0 atom stereocenters. The number of carbonyl (C=O) groups is 1. The number of carbonyl (C=O) groups excluding carboxylic acids is 1. The average Bonchev–Trinajstić information content (AvgIpc) is 2.49. The van der Waals surface area contributed by atoms with Gasteiger partial charge in [0.1, 0.15) is 5.82 Å². The number of halogens is 1. The highest BCUT2D eigenvalue weighted by molar-refractivity contribution is 5.78. The summed E-state index contributed by atoms with van der Waals surface area (Å²) in [5, 5.41) is 12.4. The van der Waals surface area contributed by atoms with Crippen LogP contribution in [-0.4, -0.2) is 37.4 Å². The molecule has 0 bridgehead atoms. The van der Waals surface area contributed by atoms with E-state index >= 15 is 0 Å². The van der Waals surface area contributed by atoms with Gasteiger partial charge in [0.15, 0.2) is 0 Å². The highest BCUT2D eigenvalue weighted by Gasteiger charge is 2.32. The number of nitrogens with one attached hydrogen (secondary N) is 1. The second-order valence-electron chi connectivity index (χ2n) is 5.35. The first-order chi connectivity index (χ1) is 9.63.